The Balaban J connectivity index is 1.99. The summed E-state index contributed by atoms with van der Waals surface area (Å²) in [5, 5.41) is 12.4. The van der Waals surface area contributed by atoms with Crippen molar-refractivity contribution >= 4 is 28.1 Å². The molecule has 2 aromatic heterocycles. The summed E-state index contributed by atoms with van der Waals surface area (Å²) in [4.78, 5) is 13.0. The standard InChI is InChI=1S/C14H14N4O2S2/c1-3-8-20-10-6-4-9(5-7-10)11-12(19)18-13(16-15-11)22-14(17-18)21-2/h4-7H,3,8H2,1-2H3. The maximum Gasteiger partial charge on any atom is 0.302 e. The number of hydrogen-bond acceptors (Lipinski definition) is 7. The van der Waals surface area contributed by atoms with E-state index < -0.39 is 0 Å². The zero-order valence-corrected chi connectivity index (χ0v) is 13.8. The van der Waals surface area contributed by atoms with Gasteiger partial charge in [0.05, 0.1) is 6.61 Å². The van der Waals surface area contributed by atoms with Crippen LogP contribution in [-0.2, 0) is 0 Å². The molecule has 0 spiro atoms. The van der Waals surface area contributed by atoms with Crippen LogP contribution >= 0.6 is 23.1 Å². The van der Waals surface area contributed by atoms with Crippen molar-refractivity contribution < 1.29 is 4.74 Å². The van der Waals surface area contributed by atoms with Crippen LogP contribution in [0.1, 0.15) is 13.3 Å². The molecule has 0 fully saturated rings. The third-order valence-corrected chi connectivity index (χ3v) is 4.82. The molecular weight excluding hydrogens is 320 g/mol. The van der Waals surface area contributed by atoms with Gasteiger partial charge in [0, 0.05) is 5.56 Å². The van der Waals surface area contributed by atoms with E-state index in [2.05, 4.69) is 22.2 Å². The fourth-order valence-corrected chi connectivity index (χ4v) is 3.18. The van der Waals surface area contributed by atoms with E-state index >= 15 is 0 Å². The first-order chi connectivity index (χ1) is 10.7. The number of benzene rings is 1. The molecule has 0 aliphatic carbocycles. The van der Waals surface area contributed by atoms with Gasteiger partial charge < -0.3 is 4.74 Å². The van der Waals surface area contributed by atoms with Gasteiger partial charge in [-0.1, -0.05) is 30.0 Å². The largest absolute Gasteiger partial charge is 0.494 e. The second kappa shape index (κ2) is 6.45. The van der Waals surface area contributed by atoms with Gasteiger partial charge in [0.25, 0.3) is 0 Å². The van der Waals surface area contributed by atoms with Gasteiger partial charge in [-0.3, -0.25) is 4.79 Å². The van der Waals surface area contributed by atoms with Crippen LogP contribution in [0.4, 0.5) is 0 Å². The highest BCUT2D eigenvalue weighted by Gasteiger charge is 2.13. The Labute approximate surface area is 135 Å². The SMILES string of the molecule is CCCOc1ccc(-c2nnc3sc(SC)nn3c2=O)cc1. The van der Waals surface area contributed by atoms with Crippen molar-refractivity contribution in [2.75, 3.05) is 12.9 Å². The smallest absolute Gasteiger partial charge is 0.302 e. The lowest BCUT2D eigenvalue weighted by Gasteiger charge is -2.05. The first kappa shape index (κ1) is 15.0. The van der Waals surface area contributed by atoms with Gasteiger partial charge in [-0.05, 0) is 36.9 Å². The van der Waals surface area contributed by atoms with E-state index in [1.165, 1.54) is 27.6 Å². The Morgan fingerprint density at radius 1 is 1.27 bits per heavy atom. The van der Waals surface area contributed by atoms with E-state index in [-0.39, 0.29) is 11.3 Å². The molecule has 8 heteroatoms. The van der Waals surface area contributed by atoms with Gasteiger partial charge >= 0.3 is 5.56 Å². The number of ether oxygens (including phenoxy) is 1. The van der Waals surface area contributed by atoms with E-state index in [4.69, 9.17) is 4.74 Å². The number of fused-ring (bicyclic) bond motifs is 1. The predicted molar refractivity (Wildman–Crippen MR) is 87.9 cm³/mol. The van der Waals surface area contributed by atoms with E-state index in [9.17, 15) is 4.79 Å². The van der Waals surface area contributed by atoms with Crippen LogP contribution in [0, 0.1) is 0 Å². The molecular formula is C14H14N4O2S2. The molecule has 0 amide bonds. The molecule has 0 N–H and O–H groups in total. The van der Waals surface area contributed by atoms with E-state index in [0.717, 1.165) is 16.5 Å². The minimum Gasteiger partial charge on any atom is -0.494 e. The van der Waals surface area contributed by atoms with Crippen LogP contribution in [0.2, 0.25) is 0 Å². The molecule has 0 saturated heterocycles. The van der Waals surface area contributed by atoms with E-state index in [1.54, 1.807) is 0 Å². The lowest BCUT2D eigenvalue weighted by molar-refractivity contribution is 0.317. The Hall–Kier alpha value is -1.93. The number of rotatable bonds is 5. The molecule has 0 aliphatic heterocycles. The minimum atomic E-state index is -0.260. The van der Waals surface area contributed by atoms with Crippen LogP contribution in [0.25, 0.3) is 16.2 Å². The molecule has 0 unspecified atom stereocenters. The highest BCUT2D eigenvalue weighted by molar-refractivity contribution is 8.00. The van der Waals surface area contributed by atoms with Crippen molar-refractivity contribution in [1.29, 1.82) is 0 Å². The fraction of sp³-hybridized carbons (Fsp3) is 0.286. The molecule has 0 saturated carbocycles. The highest BCUT2D eigenvalue weighted by Crippen LogP contribution is 2.22. The Kier molecular flexibility index (Phi) is 4.39. The summed E-state index contributed by atoms with van der Waals surface area (Å²) < 4.78 is 7.62. The van der Waals surface area contributed by atoms with Gasteiger partial charge in [-0.2, -0.15) is 4.52 Å². The summed E-state index contributed by atoms with van der Waals surface area (Å²) in [6, 6.07) is 7.28. The Bertz CT molecular complexity index is 842. The zero-order chi connectivity index (χ0) is 15.5. The number of hydrogen-bond donors (Lipinski definition) is 0. The summed E-state index contributed by atoms with van der Waals surface area (Å²) >= 11 is 2.83. The molecule has 0 bridgehead atoms. The van der Waals surface area contributed by atoms with Gasteiger partial charge in [-0.25, -0.2) is 0 Å². The molecule has 22 heavy (non-hydrogen) atoms. The number of aromatic nitrogens is 4. The summed E-state index contributed by atoms with van der Waals surface area (Å²) in [5.41, 5.74) is 0.732. The van der Waals surface area contributed by atoms with Gasteiger partial charge in [0.15, 0.2) is 10.0 Å². The van der Waals surface area contributed by atoms with Crippen molar-refractivity contribution in [3.8, 4) is 17.0 Å². The second-order valence-corrected chi connectivity index (χ2v) is 6.50. The second-order valence-electron chi connectivity index (χ2n) is 4.49. The van der Waals surface area contributed by atoms with Gasteiger partial charge in [0.2, 0.25) is 4.96 Å². The highest BCUT2D eigenvalue weighted by atomic mass is 32.2. The zero-order valence-electron chi connectivity index (χ0n) is 12.1. The van der Waals surface area contributed by atoms with Gasteiger partial charge in [0.1, 0.15) is 5.75 Å². The van der Waals surface area contributed by atoms with Crippen LogP contribution in [0.15, 0.2) is 33.4 Å². The van der Waals surface area contributed by atoms with Crippen LogP contribution < -0.4 is 10.3 Å². The maximum atomic E-state index is 12.5. The molecule has 1 aromatic carbocycles. The Morgan fingerprint density at radius 3 is 2.73 bits per heavy atom. The lowest BCUT2D eigenvalue weighted by Crippen LogP contribution is -2.19. The molecule has 114 valence electrons. The van der Waals surface area contributed by atoms with E-state index in [0.29, 0.717) is 17.1 Å². The third-order valence-electron chi connectivity index (χ3n) is 2.95. The van der Waals surface area contributed by atoms with Crippen molar-refractivity contribution in [2.24, 2.45) is 0 Å². The van der Waals surface area contributed by atoms with Crippen molar-refractivity contribution in [1.82, 2.24) is 19.8 Å². The minimum absolute atomic E-state index is 0.260. The molecule has 6 nitrogen and oxygen atoms in total. The average Bonchev–Trinajstić information content (AvgIpc) is 2.98. The molecule has 0 atom stereocenters. The molecule has 0 radical (unpaired) electrons. The van der Waals surface area contributed by atoms with Crippen LogP contribution in [0.5, 0.6) is 5.75 Å². The first-order valence-electron chi connectivity index (χ1n) is 6.76. The first-order valence-corrected chi connectivity index (χ1v) is 8.81. The summed E-state index contributed by atoms with van der Waals surface area (Å²) in [5.74, 6) is 0.776. The normalized spacial score (nSPS) is 11.0. The summed E-state index contributed by atoms with van der Waals surface area (Å²) in [7, 11) is 0. The van der Waals surface area contributed by atoms with Crippen molar-refractivity contribution in [3.05, 3.63) is 34.6 Å². The van der Waals surface area contributed by atoms with Crippen molar-refractivity contribution in [3.63, 3.8) is 0 Å². The molecule has 3 rings (SSSR count). The third kappa shape index (κ3) is 2.84. The monoisotopic (exact) mass is 334 g/mol. The Morgan fingerprint density at radius 2 is 2.05 bits per heavy atom. The summed E-state index contributed by atoms with van der Waals surface area (Å²) in [6.07, 6.45) is 2.86. The predicted octanol–water partition coefficient (Wildman–Crippen LogP) is 2.72. The molecule has 2 heterocycles. The van der Waals surface area contributed by atoms with Crippen LogP contribution in [-0.4, -0.2) is 32.7 Å². The average molecular weight is 334 g/mol. The molecule has 0 aliphatic rings. The topological polar surface area (TPSA) is 69.4 Å². The number of thioether (sulfide) groups is 1. The van der Waals surface area contributed by atoms with E-state index in [1.807, 2.05) is 30.5 Å². The number of nitrogens with zero attached hydrogens (tertiary/aromatic N) is 4. The summed E-state index contributed by atoms with van der Waals surface area (Å²) in [6.45, 7) is 2.72. The van der Waals surface area contributed by atoms with Gasteiger partial charge in [-0.15, -0.1) is 15.3 Å². The lowest BCUT2D eigenvalue weighted by atomic mass is 10.1. The fourth-order valence-electron chi connectivity index (χ4n) is 1.89. The maximum absolute atomic E-state index is 12.5. The van der Waals surface area contributed by atoms with Crippen molar-refractivity contribution in [2.45, 2.75) is 17.7 Å². The van der Waals surface area contributed by atoms with Crippen LogP contribution in [0.3, 0.4) is 0 Å². The quantitative estimate of drug-likeness (QED) is 0.668. The molecule has 3 aromatic rings.